The van der Waals surface area contributed by atoms with Crippen LogP contribution in [0.15, 0.2) is 0 Å². The molecule has 10 heteroatoms. The zero-order valence-corrected chi connectivity index (χ0v) is 14.5. The van der Waals surface area contributed by atoms with Gasteiger partial charge in [-0.3, -0.25) is 14.2 Å². The predicted octanol–water partition coefficient (Wildman–Crippen LogP) is 0.471. The van der Waals surface area contributed by atoms with Crippen LogP contribution in [-0.2, 0) is 32.7 Å². The van der Waals surface area contributed by atoms with Gasteiger partial charge in [0.1, 0.15) is 12.7 Å². The number of hydrogen-bond donors (Lipinski definition) is 2. The van der Waals surface area contributed by atoms with Crippen LogP contribution in [0.2, 0.25) is 0 Å². The van der Waals surface area contributed by atoms with Gasteiger partial charge in [0.15, 0.2) is 6.10 Å². The van der Waals surface area contributed by atoms with Crippen LogP contribution in [-0.4, -0.2) is 67.5 Å². The highest BCUT2D eigenvalue weighted by atomic mass is 31.2. The molecule has 0 aliphatic heterocycles. The first-order valence-electron chi connectivity index (χ1n) is 7.24. The molecule has 2 N–H and O–H groups in total. The lowest BCUT2D eigenvalue weighted by atomic mass is 10.4. The molecule has 9 nitrogen and oxygen atoms in total. The molecule has 0 aromatic carbocycles. The normalized spacial score (nSPS) is 16.2. The first kappa shape index (κ1) is 22.0. The van der Waals surface area contributed by atoms with Gasteiger partial charge in [-0.05, 0) is 0 Å². The number of rotatable bonds is 12. The van der Waals surface area contributed by atoms with Crippen molar-refractivity contribution in [3.8, 4) is 0 Å². The van der Waals surface area contributed by atoms with E-state index >= 15 is 0 Å². The number of hydrogen-bond acceptors (Lipinski definition) is 9. The highest BCUT2D eigenvalue weighted by Crippen LogP contribution is 2.44. The van der Waals surface area contributed by atoms with Crippen LogP contribution >= 0.6 is 7.60 Å². The summed E-state index contributed by atoms with van der Waals surface area (Å²) in [4.78, 5) is 22.5. The minimum absolute atomic E-state index is 0.126. The van der Waals surface area contributed by atoms with Crippen molar-refractivity contribution in [1.29, 1.82) is 0 Å². The van der Waals surface area contributed by atoms with Gasteiger partial charge in [0.2, 0.25) is 0 Å². The van der Waals surface area contributed by atoms with Crippen LogP contribution in [0, 0.1) is 0 Å². The Morgan fingerprint density at radius 2 is 1.61 bits per heavy atom. The SMILES string of the molecule is CCC(=O)OC[C@H](COP(C)(=O)OCC(O)CO)OC(=O)CC. The molecule has 0 fully saturated rings. The highest BCUT2D eigenvalue weighted by molar-refractivity contribution is 7.52. The molecule has 0 rings (SSSR count). The van der Waals surface area contributed by atoms with Gasteiger partial charge in [-0.2, -0.15) is 0 Å². The van der Waals surface area contributed by atoms with E-state index in [1.807, 2.05) is 0 Å². The average Bonchev–Trinajstić information content (AvgIpc) is 2.54. The average molecular weight is 356 g/mol. The molecule has 23 heavy (non-hydrogen) atoms. The summed E-state index contributed by atoms with van der Waals surface area (Å²) < 4.78 is 31.9. The number of carbonyl (C=O) groups is 2. The Balaban J connectivity index is 4.46. The molecular weight excluding hydrogens is 331 g/mol. The van der Waals surface area contributed by atoms with Crippen molar-refractivity contribution >= 4 is 19.5 Å². The van der Waals surface area contributed by atoms with Crippen molar-refractivity contribution in [2.75, 3.05) is 33.1 Å². The molecule has 136 valence electrons. The van der Waals surface area contributed by atoms with Crippen molar-refractivity contribution in [2.45, 2.75) is 38.9 Å². The molecule has 0 amide bonds. The Kier molecular flexibility index (Phi) is 11.0. The second-order valence-electron chi connectivity index (χ2n) is 4.70. The molecule has 0 aromatic rings. The van der Waals surface area contributed by atoms with Crippen LogP contribution < -0.4 is 0 Å². The highest BCUT2D eigenvalue weighted by Gasteiger charge is 2.24. The Morgan fingerprint density at radius 3 is 2.13 bits per heavy atom. The summed E-state index contributed by atoms with van der Waals surface area (Å²) in [5.74, 6) is -0.988. The lowest BCUT2D eigenvalue weighted by Crippen LogP contribution is -2.29. The zero-order valence-electron chi connectivity index (χ0n) is 13.6. The van der Waals surface area contributed by atoms with E-state index in [0.717, 1.165) is 0 Å². The number of ether oxygens (including phenoxy) is 2. The fourth-order valence-electron chi connectivity index (χ4n) is 1.20. The summed E-state index contributed by atoms with van der Waals surface area (Å²) in [6, 6.07) is 0. The van der Waals surface area contributed by atoms with Gasteiger partial charge in [-0.25, -0.2) is 0 Å². The number of aliphatic hydroxyl groups is 2. The quantitative estimate of drug-likeness (QED) is 0.379. The third-order valence-corrected chi connectivity index (χ3v) is 3.75. The Morgan fingerprint density at radius 1 is 1.04 bits per heavy atom. The first-order chi connectivity index (χ1) is 10.7. The molecule has 0 radical (unpaired) electrons. The topological polar surface area (TPSA) is 129 Å². The predicted molar refractivity (Wildman–Crippen MR) is 79.9 cm³/mol. The molecule has 0 aliphatic carbocycles. The molecule has 0 aliphatic rings. The summed E-state index contributed by atoms with van der Waals surface area (Å²) in [5.41, 5.74) is 0. The second kappa shape index (κ2) is 11.5. The monoisotopic (exact) mass is 356 g/mol. The molecule has 3 atom stereocenters. The van der Waals surface area contributed by atoms with E-state index < -0.39 is 38.3 Å². The van der Waals surface area contributed by atoms with E-state index in [1.54, 1.807) is 13.8 Å². The molecule has 0 saturated carbocycles. The third kappa shape index (κ3) is 11.2. The van der Waals surface area contributed by atoms with Crippen LogP contribution in [0.4, 0.5) is 0 Å². The Hall–Kier alpha value is -0.990. The molecule has 0 spiro atoms. The van der Waals surface area contributed by atoms with Crippen molar-refractivity contribution in [1.82, 2.24) is 0 Å². The summed E-state index contributed by atoms with van der Waals surface area (Å²) in [6.45, 7) is 2.96. The minimum atomic E-state index is -3.52. The molecular formula is C13H25O9P. The largest absolute Gasteiger partial charge is 0.462 e. The Labute approximate surface area is 135 Å². The maximum absolute atomic E-state index is 12.0. The molecule has 0 aromatic heterocycles. The Bertz CT molecular complexity index is 412. The summed E-state index contributed by atoms with van der Waals surface area (Å²) >= 11 is 0. The van der Waals surface area contributed by atoms with Gasteiger partial charge in [-0.1, -0.05) is 13.8 Å². The van der Waals surface area contributed by atoms with Crippen LogP contribution in [0.1, 0.15) is 26.7 Å². The standard InChI is InChI=1S/C13H25O9P/c1-4-12(16)19-8-11(22-13(17)5-2)9-21-23(3,18)20-7-10(15)6-14/h10-11,14-15H,4-9H2,1-3H3/t10?,11-,23?/m1/s1. The van der Waals surface area contributed by atoms with Crippen LogP contribution in [0.3, 0.4) is 0 Å². The lowest BCUT2D eigenvalue weighted by molar-refractivity contribution is -0.160. The van der Waals surface area contributed by atoms with E-state index in [0.29, 0.717) is 0 Å². The molecule has 0 heterocycles. The van der Waals surface area contributed by atoms with Gasteiger partial charge in [0, 0.05) is 19.5 Å². The van der Waals surface area contributed by atoms with E-state index in [2.05, 4.69) is 0 Å². The van der Waals surface area contributed by atoms with Crippen LogP contribution in [0.5, 0.6) is 0 Å². The van der Waals surface area contributed by atoms with Gasteiger partial charge >= 0.3 is 19.5 Å². The number of esters is 2. The van der Waals surface area contributed by atoms with E-state index in [4.69, 9.17) is 28.7 Å². The molecule has 0 saturated heterocycles. The maximum Gasteiger partial charge on any atom is 0.327 e. The second-order valence-corrected chi connectivity index (χ2v) is 6.76. The van der Waals surface area contributed by atoms with Gasteiger partial charge < -0.3 is 28.7 Å². The molecule has 2 unspecified atom stereocenters. The van der Waals surface area contributed by atoms with Crippen molar-refractivity contribution in [3.63, 3.8) is 0 Å². The van der Waals surface area contributed by atoms with Crippen LogP contribution in [0.25, 0.3) is 0 Å². The summed E-state index contributed by atoms with van der Waals surface area (Å²) in [5, 5.41) is 17.8. The summed E-state index contributed by atoms with van der Waals surface area (Å²) in [6.07, 6.45) is -1.80. The van der Waals surface area contributed by atoms with Gasteiger partial charge in [0.05, 0.1) is 19.8 Å². The van der Waals surface area contributed by atoms with Crippen molar-refractivity contribution < 1.29 is 42.9 Å². The van der Waals surface area contributed by atoms with Crippen molar-refractivity contribution in [2.24, 2.45) is 0 Å². The van der Waals surface area contributed by atoms with Crippen molar-refractivity contribution in [3.05, 3.63) is 0 Å². The molecule has 0 bridgehead atoms. The third-order valence-electron chi connectivity index (χ3n) is 2.51. The smallest absolute Gasteiger partial charge is 0.327 e. The van der Waals surface area contributed by atoms with Gasteiger partial charge in [0.25, 0.3) is 0 Å². The van der Waals surface area contributed by atoms with E-state index in [-0.39, 0.29) is 32.7 Å². The number of aliphatic hydroxyl groups excluding tert-OH is 2. The minimum Gasteiger partial charge on any atom is -0.462 e. The fraction of sp³-hybridized carbons (Fsp3) is 0.846. The van der Waals surface area contributed by atoms with Gasteiger partial charge in [-0.15, -0.1) is 0 Å². The summed E-state index contributed by atoms with van der Waals surface area (Å²) in [7, 11) is -3.52. The van der Waals surface area contributed by atoms with E-state index in [1.165, 1.54) is 6.66 Å². The fourth-order valence-corrected chi connectivity index (χ4v) is 2.16. The lowest BCUT2D eigenvalue weighted by Gasteiger charge is -2.21. The first-order valence-corrected chi connectivity index (χ1v) is 9.23. The zero-order chi connectivity index (χ0) is 17.9. The number of carbonyl (C=O) groups excluding carboxylic acids is 2. The maximum atomic E-state index is 12.0. The van der Waals surface area contributed by atoms with E-state index in [9.17, 15) is 14.2 Å².